The number of hydrogen-bond donors (Lipinski definition) is 1. The second-order valence-corrected chi connectivity index (χ2v) is 4.43. The van der Waals surface area contributed by atoms with Gasteiger partial charge in [0.1, 0.15) is 9.84 Å². The summed E-state index contributed by atoms with van der Waals surface area (Å²) in [6.45, 7) is 1.59. The fraction of sp³-hybridized carbons (Fsp3) is 0.500. The Morgan fingerprint density at radius 1 is 1.56 bits per heavy atom. The number of ether oxygens (including phenoxy) is 2. The summed E-state index contributed by atoms with van der Waals surface area (Å²) < 4.78 is 100. The van der Waals surface area contributed by atoms with Gasteiger partial charge in [0.2, 0.25) is 0 Å². The Hall–Kier alpha value is -1.27. The highest BCUT2D eigenvalue weighted by Gasteiger charge is 2.15. The number of methoxy groups -OCH3 is 1. The number of rotatable bonds is 6. The van der Waals surface area contributed by atoms with Crippen LogP contribution in [-0.2, 0) is 9.84 Å². The summed E-state index contributed by atoms with van der Waals surface area (Å²) >= 11 is 0. The van der Waals surface area contributed by atoms with Crippen LogP contribution in [0.1, 0.15) is 30.8 Å². The van der Waals surface area contributed by atoms with E-state index in [2.05, 4.69) is 0 Å². The number of sulfone groups is 1. The highest BCUT2D eigenvalue weighted by molar-refractivity contribution is 7.90. The molecule has 1 rings (SSSR count). The van der Waals surface area contributed by atoms with Crippen LogP contribution in [0.4, 0.5) is 0 Å². The zero-order chi connectivity index (χ0) is 21.5. The minimum absolute atomic E-state index is 0.0385. The van der Waals surface area contributed by atoms with Gasteiger partial charge in [-0.3, -0.25) is 0 Å². The van der Waals surface area contributed by atoms with E-state index in [-0.39, 0.29) is 18.1 Å². The van der Waals surface area contributed by atoms with Gasteiger partial charge in [0, 0.05) is 19.1 Å². The Bertz CT molecular complexity index is 787. The molecule has 1 atom stereocenters. The summed E-state index contributed by atoms with van der Waals surface area (Å²) in [5, 5.41) is 0. The molecule has 0 aliphatic rings. The Morgan fingerprint density at radius 3 is 2.94 bits per heavy atom. The molecule has 0 aliphatic heterocycles. The smallest absolute Gasteiger partial charge is 0.161 e. The van der Waals surface area contributed by atoms with E-state index in [0.29, 0.717) is 0 Å². The summed E-state index contributed by atoms with van der Waals surface area (Å²) in [4.78, 5) is 0. The summed E-state index contributed by atoms with van der Waals surface area (Å²) in [5.74, 6) is -0.495. The van der Waals surface area contributed by atoms with Crippen LogP contribution < -0.4 is 15.2 Å². The minimum atomic E-state index is -5.49. The van der Waals surface area contributed by atoms with Gasteiger partial charge >= 0.3 is 0 Å². The Balaban J connectivity index is 3.53. The largest absolute Gasteiger partial charge is 0.493 e. The summed E-state index contributed by atoms with van der Waals surface area (Å²) in [7, 11) is -8.31. The third kappa shape index (κ3) is 4.19. The Labute approximate surface area is 120 Å². The molecule has 2 N–H and O–H groups in total. The average molecular weight is 282 g/mol. The standard InChI is InChI=1S/C12H19NO4S/c1-4-17-12-7-9(5-6-11(12)16-2)10(13)8-18(3,14)15/h5-7,10H,4,8,13H2,1-3H3/t10-/m1/s1/i2D3,3D3,8D2,10D. The molecule has 0 aliphatic carbocycles. The van der Waals surface area contributed by atoms with E-state index < -0.39 is 40.3 Å². The molecule has 0 spiro atoms. The highest BCUT2D eigenvalue weighted by atomic mass is 32.2. The van der Waals surface area contributed by atoms with Gasteiger partial charge in [-0.2, -0.15) is 0 Å². The quantitative estimate of drug-likeness (QED) is 0.846. The third-order valence-corrected chi connectivity index (χ3v) is 2.40. The summed E-state index contributed by atoms with van der Waals surface area (Å²) in [5.41, 5.74) is 1.43. The molecule has 6 heteroatoms. The Kier molecular flexibility index (Phi) is 2.11. The van der Waals surface area contributed by atoms with Crippen molar-refractivity contribution in [2.45, 2.75) is 12.9 Å². The molecule has 1 aromatic carbocycles. The second kappa shape index (κ2) is 6.06. The Morgan fingerprint density at radius 2 is 2.33 bits per heavy atom. The van der Waals surface area contributed by atoms with Gasteiger partial charge in [0.05, 0.1) is 24.8 Å². The van der Waals surface area contributed by atoms with E-state index in [9.17, 15) is 8.42 Å². The van der Waals surface area contributed by atoms with Gasteiger partial charge in [-0.05, 0) is 24.6 Å². The molecule has 0 amide bonds. The minimum Gasteiger partial charge on any atom is -0.493 e. The molecule has 0 radical (unpaired) electrons. The first-order valence-corrected chi connectivity index (χ1v) is 6.36. The molecule has 0 heterocycles. The molecule has 18 heavy (non-hydrogen) atoms. The highest BCUT2D eigenvalue weighted by Crippen LogP contribution is 2.30. The van der Waals surface area contributed by atoms with Crippen LogP contribution in [0.25, 0.3) is 0 Å². The van der Waals surface area contributed by atoms with Crippen molar-refractivity contribution < 1.29 is 30.2 Å². The maximum Gasteiger partial charge on any atom is 0.161 e. The average Bonchev–Trinajstić information content (AvgIpc) is 2.46. The maximum atomic E-state index is 12.1. The van der Waals surface area contributed by atoms with Crippen LogP contribution in [0.15, 0.2) is 18.2 Å². The third-order valence-electron chi connectivity index (χ3n) is 1.91. The van der Waals surface area contributed by atoms with Crippen molar-refractivity contribution in [3.8, 4) is 11.5 Å². The predicted molar refractivity (Wildman–Crippen MR) is 70.8 cm³/mol. The first-order valence-electron chi connectivity index (χ1n) is 9.38. The second-order valence-electron chi connectivity index (χ2n) is 3.22. The van der Waals surface area contributed by atoms with E-state index in [0.717, 1.165) is 18.2 Å². The number of hydrogen-bond acceptors (Lipinski definition) is 5. The van der Waals surface area contributed by atoms with E-state index in [1.165, 1.54) is 0 Å². The predicted octanol–water partition coefficient (Wildman–Crippen LogP) is 1.14. The molecule has 0 unspecified atom stereocenters. The molecular weight excluding hydrogens is 254 g/mol. The van der Waals surface area contributed by atoms with Crippen LogP contribution in [0, 0.1) is 0 Å². The van der Waals surface area contributed by atoms with Crippen molar-refractivity contribution in [1.29, 1.82) is 0 Å². The fourth-order valence-corrected chi connectivity index (χ4v) is 1.64. The van der Waals surface area contributed by atoms with E-state index in [4.69, 9.17) is 27.5 Å². The van der Waals surface area contributed by atoms with Crippen molar-refractivity contribution in [3.05, 3.63) is 23.8 Å². The van der Waals surface area contributed by atoms with Crippen LogP contribution in [0.5, 0.6) is 11.5 Å². The van der Waals surface area contributed by atoms with Crippen molar-refractivity contribution in [2.75, 3.05) is 25.5 Å². The van der Waals surface area contributed by atoms with Crippen molar-refractivity contribution in [1.82, 2.24) is 0 Å². The van der Waals surface area contributed by atoms with Crippen LogP contribution >= 0.6 is 0 Å². The number of benzene rings is 1. The molecule has 102 valence electrons. The van der Waals surface area contributed by atoms with E-state index in [1.807, 2.05) is 0 Å². The topological polar surface area (TPSA) is 78.6 Å². The fourth-order valence-electron chi connectivity index (χ4n) is 1.23. The molecular formula is C12H19NO4S. The van der Waals surface area contributed by atoms with Gasteiger partial charge in [0.15, 0.2) is 11.5 Å². The molecule has 0 saturated heterocycles. The van der Waals surface area contributed by atoms with Crippen molar-refractivity contribution in [2.24, 2.45) is 5.73 Å². The van der Waals surface area contributed by atoms with E-state index in [1.54, 1.807) is 6.92 Å². The van der Waals surface area contributed by atoms with Crippen molar-refractivity contribution >= 4 is 9.84 Å². The van der Waals surface area contributed by atoms with Crippen LogP contribution in [0.3, 0.4) is 0 Å². The first-order chi connectivity index (χ1) is 11.9. The lowest BCUT2D eigenvalue weighted by molar-refractivity contribution is 0.310. The van der Waals surface area contributed by atoms with Gasteiger partial charge in [0.25, 0.3) is 0 Å². The molecule has 0 saturated carbocycles. The molecule has 5 nitrogen and oxygen atoms in total. The lowest BCUT2D eigenvalue weighted by Gasteiger charge is -2.15. The number of nitrogens with two attached hydrogens (primary N) is 1. The summed E-state index contributed by atoms with van der Waals surface area (Å²) in [6.07, 6.45) is -3.74. The molecule has 0 aromatic heterocycles. The first kappa shape index (κ1) is 6.25. The van der Waals surface area contributed by atoms with Gasteiger partial charge in [-0.25, -0.2) is 8.42 Å². The maximum absolute atomic E-state index is 12.1. The van der Waals surface area contributed by atoms with Gasteiger partial charge in [-0.15, -0.1) is 0 Å². The zero-order valence-corrected chi connectivity index (χ0v) is 10.4. The zero-order valence-electron chi connectivity index (χ0n) is 18.6. The normalized spacial score (nSPS) is 24.4. The molecule has 1 aromatic rings. The van der Waals surface area contributed by atoms with Crippen LogP contribution in [0.2, 0.25) is 0 Å². The molecule has 0 bridgehead atoms. The monoisotopic (exact) mass is 282 g/mol. The lowest BCUT2D eigenvalue weighted by Crippen LogP contribution is -2.20. The molecule has 0 fully saturated rings. The SMILES string of the molecule is [2H]C([2H])([2H])Oc1ccc([C@]([2H])(N)C([2H])([2H])S(=O)(=O)C([2H])([2H])[2H])cc1OCC. The van der Waals surface area contributed by atoms with Gasteiger partial charge < -0.3 is 15.2 Å². The van der Waals surface area contributed by atoms with Crippen LogP contribution in [-0.4, -0.2) is 34.0 Å². The van der Waals surface area contributed by atoms with Gasteiger partial charge in [-0.1, -0.05) is 6.07 Å². The lowest BCUT2D eigenvalue weighted by atomic mass is 10.1. The van der Waals surface area contributed by atoms with Crippen molar-refractivity contribution in [3.63, 3.8) is 0 Å². The van der Waals surface area contributed by atoms with E-state index >= 15 is 0 Å². The summed E-state index contributed by atoms with van der Waals surface area (Å²) in [6, 6.07) is -0.140.